The topological polar surface area (TPSA) is 73.3 Å². The second-order valence-corrected chi connectivity index (χ2v) is 3.37. The highest BCUT2D eigenvalue weighted by molar-refractivity contribution is 5.77. The molecule has 0 radical (unpaired) electrons. The van der Waals surface area contributed by atoms with E-state index in [0.717, 1.165) is 10.9 Å². The molecule has 5 nitrogen and oxygen atoms in total. The predicted octanol–water partition coefficient (Wildman–Crippen LogP) is 0.480. The van der Waals surface area contributed by atoms with Crippen LogP contribution in [0.5, 0.6) is 0 Å². The van der Waals surface area contributed by atoms with Crippen molar-refractivity contribution in [2.24, 2.45) is 5.73 Å². The molecule has 80 valence electrons. The van der Waals surface area contributed by atoms with E-state index >= 15 is 0 Å². The first-order valence-electron chi connectivity index (χ1n) is 4.76. The third-order valence-electron chi connectivity index (χ3n) is 2.20. The van der Waals surface area contributed by atoms with Crippen LogP contribution in [0.3, 0.4) is 0 Å². The van der Waals surface area contributed by atoms with Crippen LogP contribution >= 0.6 is 0 Å². The highest BCUT2D eigenvalue weighted by Crippen LogP contribution is 2.12. The lowest BCUT2D eigenvalue weighted by Gasteiger charge is -2.21. The minimum atomic E-state index is -1.69. The predicted molar refractivity (Wildman–Crippen MR) is 55.7 cm³/mol. The maximum atomic E-state index is 9.55. The largest absolute Gasteiger partial charge is 0.345 e. The summed E-state index contributed by atoms with van der Waals surface area (Å²) < 4.78 is 0. The minimum Gasteiger partial charge on any atom is -0.345 e. The molecule has 0 aliphatic heterocycles. The van der Waals surface area contributed by atoms with Crippen molar-refractivity contribution >= 4 is 10.9 Å². The van der Waals surface area contributed by atoms with Crippen molar-refractivity contribution in [3.63, 3.8) is 0 Å². The lowest BCUT2D eigenvalue weighted by atomic mass is 10.3. The van der Waals surface area contributed by atoms with Crippen molar-refractivity contribution in [3.8, 4) is 0 Å². The molecule has 1 aromatic carbocycles. The molecule has 15 heavy (non-hydrogen) atoms. The van der Waals surface area contributed by atoms with Crippen molar-refractivity contribution in [3.05, 3.63) is 30.5 Å². The van der Waals surface area contributed by atoms with Crippen LogP contribution in [-0.2, 0) is 0 Å². The van der Waals surface area contributed by atoms with Crippen molar-refractivity contribution < 1.29 is 9.94 Å². The number of fused-ring (bicyclic) bond motifs is 1. The van der Waals surface area contributed by atoms with Crippen molar-refractivity contribution in [1.82, 2.24) is 9.94 Å². The van der Waals surface area contributed by atoms with E-state index in [0.29, 0.717) is 0 Å². The smallest absolute Gasteiger partial charge is 0.289 e. The zero-order valence-corrected chi connectivity index (χ0v) is 8.42. The van der Waals surface area contributed by atoms with Crippen LogP contribution in [0, 0.1) is 0 Å². The van der Waals surface area contributed by atoms with Gasteiger partial charge in [-0.05, 0) is 6.07 Å². The summed E-state index contributed by atoms with van der Waals surface area (Å²) in [5.74, 6) is -1.69. The van der Waals surface area contributed by atoms with Crippen LogP contribution < -0.4 is 10.6 Å². The molecule has 1 atom stereocenters. The Labute approximate surface area is 87.0 Å². The first-order chi connectivity index (χ1) is 7.12. The molecule has 0 aliphatic carbocycles. The summed E-state index contributed by atoms with van der Waals surface area (Å²) in [4.78, 5) is 6.38. The van der Waals surface area contributed by atoms with E-state index in [-0.39, 0.29) is 6.42 Å². The van der Waals surface area contributed by atoms with Crippen molar-refractivity contribution in [2.45, 2.75) is 19.3 Å². The number of aromatic nitrogens is 2. The quantitative estimate of drug-likeness (QED) is 0.718. The fourth-order valence-electron chi connectivity index (χ4n) is 1.23. The van der Waals surface area contributed by atoms with E-state index in [9.17, 15) is 5.11 Å². The Kier molecular flexibility index (Phi) is 2.34. The summed E-state index contributed by atoms with van der Waals surface area (Å²) in [5, 5.41) is 14.5. The molecule has 0 saturated carbocycles. The first-order valence-corrected chi connectivity index (χ1v) is 4.76. The molecule has 1 aromatic heterocycles. The molecule has 0 spiro atoms. The lowest BCUT2D eigenvalue weighted by Crippen LogP contribution is -2.49. The summed E-state index contributed by atoms with van der Waals surface area (Å²) >= 11 is 0. The maximum Gasteiger partial charge on any atom is 0.289 e. The molecule has 0 amide bonds. The monoisotopic (exact) mass is 207 g/mol. The zero-order chi connectivity index (χ0) is 10.9. The second-order valence-electron chi connectivity index (χ2n) is 3.37. The Balaban J connectivity index is 2.37. The summed E-state index contributed by atoms with van der Waals surface area (Å²) in [7, 11) is 0. The van der Waals surface area contributed by atoms with Crippen LogP contribution in [0.15, 0.2) is 30.5 Å². The molecule has 2 rings (SSSR count). The molecule has 0 saturated heterocycles. The molecular formula is C10H13N3O2. The van der Waals surface area contributed by atoms with E-state index in [2.05, 4.69) is 5.10 Å². The van der Waals surface area contributed by atoms with E-state index in [4.69, 9.17) is 10.6 Å². The molecule has 1 unspecified atom stereocenters. The third kappa shape index (κ3) is 1.93. The summed E-state index contributed by atoms with van der Waals surface area (Å²) in [6, 6.07) is 7.52. The number of hydrogen-bond donors (Lipinski definition) is 2. The zero-order valence-electron chi connectivity index (χ0n) is 8.42. The van der Waals surface area contributed by atoms with E-state index in [1.807, 2.05) is 24.3 Å². The van der Waals surface area contributed by atoms with Gasteiger partial charge < -0.3 is 9.94 Å². The Bertz CT molecular complexity index is 464. The Morgan fingerprint density at radius 1 is 1.53 bits per heavy atom. The van der Waals surface area contributed by atoms with Crippen LogP contribution in [0.1, 0.15) is 13.3 Å². The highest BCUT2D eigenvalue weighted by atomic mass is 16.8. The van der Waals surface area contributed by atoms with Gasteiger partial charge in [-0.1, -0.05) is 30.0 Å². The van der Waals surface area contributed by atoms with E-state index < -0.39 is 5.91 Å². The molecule has 5 heteroatoms. The number of benzene rings is 1. The van der Waals surface area contributed by atoms with Gasteiger partial charge >= 0.3 is 0 Å². The number of rotatable bonds is 3. The van der Waals surface area contributed by atoms with Gasteiger partial charge in [0.1, 0.15) is 5.52 Å². The lowest BCUT2D eigenvalue weighted by molar-refractivity contribution is -0.207. The van der Waals surface area contributed by atoms with Gasteiger partial charge in [0.2, 0.25) is 0 Å². The fourth-order valence-corrected chi connectivity index (χ4v) is 1.23. The molecule has 0 bridgehead atoms. The highest BCUT2D eigenvalue weighted by Gasteiger charge is 2.22. The van der Waals surface area contributed by atoms with Crippen LogP contribution in [0.4, 0.5) is 0 Å². The minimum absolute atomic E-state index is 0.279. The first kappa shape index (κ1) is 9.95. The normalized spacial score (nSPS) is 15.1. The number of nitrogens with two attached hydrogens (primary N) is 1. The van der Waals surface area contributed by atoms with Gasteiger partial charge in [-0.25, -0.2) is 0 Å². The fraction of sp³-hybridized carbons (Fsp3) is 0.300. The second kappa shape index (κ2) is 3.52. The molecule has 3 N–H and O–H groups in total. The van der Waals surface area contributed by atoms with Crippen LogP contribution in [-0.4, -0.2) is 21.0 Å². The number of para-hydroxylation sites is 1. The Morgan fingerprint density at radius 3 is 3.00 bits per heavy atom. The summed E-state index contributed by atoms with van der Waals surface area (Å²) in [6.45, 7) is 1.73. The Morgan fingerprint density at radius 2 is 2.27 bits per heavy atom. The van der Waals surface area contributed by atoms with Gasteiger partial charge in [-0.3, -0.25) is 5.73 Å². The summed E-state index contributed by atoms with van der Waals surface area (Å²) in [6.07, 6.45) is 1.93. The van der Waals surface area contributed by atoms with Crippen molar-refractivity contribution in [1.29, 1.82) is 0 Å². The van der Waals surface area contributed by atoms with Gasteiger partial charge in [0, 0.05) is 11.8 Å². The molecular weight excluding hydrogens is 194 g/mol. The van der Waals surface area contributed by atoms with Gasteiger partial charge in [-0.15, -0.1) is 5.10 Å². The van der Waals surface area contributed by atoms with E-state index in [1.165, 1.54) is 4.85 Å². The van der Waals surface area contributed by atoms with Gasteiger partial charge in [0.15, 0.2) is 0 Å². The molecule has 0 aliphatic rings. The van der Waals surface area contributed by atoms with Gasteiger partial charge in [-0.2, -0.15) is 0 Å². The maximum absolute atomic E-state index is 9.55. The average molecular weight is 207 g/mol. The molecule has 2 aromatic rings. The number of nitrogens with zero attached hydrogens (tertiary/aromatic N) is 2. The molecule has 1 heterocycles. The van der Waals surface area contributed by atoms with Gasteiger partial charge in [0.25, 0.3) is 5.91 Å². The van der Waals surface area contributed by atoms with Crippen LogP contribution in [0.2, 0.25) is 0 Å². The van der Waals surface area contributed by atoms with Gasteiger partial charge in [0.05, 0.1) is 6.20 Å². The number of hydrogen-bond acceptors (Lipinski definition) is 4. The summed E-state index contributed by atoms with van der Waals surface area (Å²) in [5.41, 5.74) is 6.24. The number of aliphatic hydroxyl groups is 1. The third-order valence-corrected chi connectivity index (χ3v) is 2.20. The Hall–Kier alpha value is -1.59. The SMILES string of the molecule is CCC(N)(O)On1ncc2ccccc21. The average Bonchev–Trinajstić information content (AvgIpc) is 2.62. The van der Waals surface area contributed by atoms with E-state index in [1.54, 1.807) is 13.1 Å². The molecule has 0 fully saturated rings. The van der Waals surface area contributed by atoms with Crippen LogP contribution in [0.25, 0.3) is 10.9 Å². The van der Waals surface area contributed by atoms with Crippen molar-refractivity contribution in [2.75, 3.05) is 0 Å². The standard InChI is InChI=1S/C10H13N3O2/c1-2-10(11,14)15-13-9-6-4-3-5-8(9)7-12-13/h3-7,14H,2,11H2,1H3.